The highest BCUT2D eigenvalue weighted by Crippen LogP contribution is 2.39. The van der Waals surface area contributed by atoms with Gasteiger partial charge in [0.2, 0.25) is 0 Å². The van der Waals surface area contributed by atoms with Crippen molar-refractivity contribution in [1.82, 2.24) is 0 Å². The van der Waals surface area contributed by atoms with E-state index in [4.69, 9.17) is 0 Å². The number of hydrogen-bond acceptors (Lipinski definition) is 2. The van der Waals surface area contributed by atoms with Gasteiger partial charge in [0.25, 0.3) is 0 Å². The Morgan fingerprint density at radius 2 is 1.44 bits per heavy atom. The standard InChI is InChI=1S/C21H29NO2.ClH/c1-20(2,3)17-10-16(11-18(19(17)24)21(4,5)6)13-22-9-7-8-15(12-22)14-23;/h7-12,23H,13-14H2,1-6H3;1H. The molecule has 0 amide bonds. The molecule has 0 radical (unpaired) electrons. The summed E-state index contributed by atoms with van der Waals surface area (Å²) in [7, 11) is 0. The fourth-order valence-corrected chi connectivity index (χ4v) is 2.91. The maximum absolute atomic E-state index is 10.8. The molecule has 0 saturated heterocycles. The Morgan fingerprint density at radius 3 is 1.88 bits per heavy atom. The Hall–Kier alpha value is -1.58. The summed E-state index contributed by atoms with van der Waals surface area (Å²) in [5.74, 6) is 0.410. The van der Waals surface area contributed by atoms with Crippen molar-refractivity contribution < 1.29 is 27.2 Å². The van der Waals surface area contributed by atoms with Gasteiger partial charge in [-0.2, -0.15) is 0 Å². The van der Waals surface area contributed by atoms with E-state index < -0.39 is 0 Å². The van der Waals surface area contributed by atoms with E-state index in [9.17, 15) is 10.2 Å². The Morgan fingerprint density at radius 1 is 0.920 bits per heavy atom. The average molecular weight is 364 g/mol. The molecule has 138 valence electrons. The van der Waals surface area contributed by atoms with Crippen molar-refractivity contribution in [3.8, 4) is 5.75 Å². The number of aliphatic hydroxyl groups excluding tert-OH is 1. The molecule has 0 atom stereocenters. The molecule has 25 heavy (non-hydrogen) atoms. The second kappa shape index (κ2) is 7.76. The molecule has 2 aromatic rings. The molecule has 4 heteroatoms. The lowest BCUT2D eigenvalue weighted by molar-refractivity contribution is -0.688. The van der Waals surface area contributed by atoms with Crippen LogP contribution in [0.4, 0.5) is 0 Å². The van der Waals surface area contributed by atoms with Gasteiger partial charge in [0.05, 0.1) is 6.61 Å². The number of benzene rings is 1. The van der Waals surface area contributed by atoms with Crippen molar-refractivity contribution in [2.75, 3.05) is 0 Å². The lowest BCUT2D eigenvalue weighted by atomic mass is 9.78. The van der Waals surface area contributed by atoms with Gasteiger partial charge in [0.1, 0.15) is 5.75 Å². The SMILES string of the molecule is CC(C)(C)c1cc(C[n+]2cccc(CO)c2)cc(C(C)(C)C)c1O.[Cl-]. The minimum absolute atomic E-state index is 0. The van der Waals surface area contributed by atoms with Gasteiger partial charge in [-0.3, -0.25) is 0 Å². The smallest absolute Gasteiger partial charge is 0.174 e. The maximum Gasteiger partial charge on any atom is 0.174 e. The second-order valence-corrected chi connectivity index (χ2v) is 8.58. The third kappa shape index (κ3) is 5.20. The van der Waals surface area contributed by atoms with Crippen LogP contribution in [0, 0.1) is 0 Å². The average Bonchev–Trinajstić information content (AvgIpc) is 2.46. The topological polar surface area (TPSA) is 44.3 Å². The van der Waals surface area contributed by atoms with Gasteiger partial charge < -0.3 is 22.6 Å². The number of rotatable bonds is 3. The van der Waals surface area contributed by atoms with Crippen LogP contribution in [-0.2, 0) is 24.0 Å². The van der Waals surface area contributed by atoms with E-state index in [0.29, 0.717) is 12.3 Å². The minimum Gasteiger partial charge on any atom is -1.00 e. The summed E-state index contributed by atoms with van der Waals surface area (Å²) in [6.45, 7) is 13.5. The van der Waals surface area contributed by atoms with Crippen LogP contribution >= 0.6 is 0 Å². The van der Waals surface area contributed by atoms with Gasteiger partial charge in [-0.05, 0) is 29.0 Å². The van der Waals surface area contributed by atoms with Crippen LogP contribution in [0.2, 0.25) is 0 Å². The number of halogens is 1. The molecule has 0 aliphatic carbocycles. The van der Waals surface area contributed by atoms with Gasteiger partial charge in [0.15, 0.2) is 18.9 Å². The van der Waals surface area contributed by atoms with E-state index >= 15 is 0 Å². The van der Waals surface area contributed by atoms with Crippen molar-refractivity contribution in [1.29, 1.82) is 0 Å². The van der Waals surface area contributed by atoms with Crippen LogP contribution < -0.4 is 17.0 Å². The number of aromatic nitrogens is 1. The van der Waals surface area contributed by atoms with Crippen LogP contribution in [0.1, 0.15) is 63.8 Å². The fourth-order valence-electron chi connectivity index (χ4n) is 2.91. The molecule has 0 aliphatic rings. The monoisotopic (exact) mass is 363 g/mol. The van der Waals surface area contributed by atoms with E-state index in [0.717, 1.165) is 22.3 Å². The zero-order valence-corrected chi connectivity index (χ0v) is 16.9. The number of hydrogen-bond donors (Lipinski definition) is 2. The molecular formula is C21H30ClNO2. The number of phenolic OH excluding ortho intramolecular Hbond substituents is 1. The quantitative estimate of drug-likeness (QED) is 0.793. The highest BCUT2D eigenvalue weighted by Gasteiger charge is 2.27. The van der Waals surface area contributed by atoms with Crippen LogP contribution in [-0.4, -0.2) is 10.2 Å². The number of phenols is 1. The van der Waals surface area contributed by atoms with Gasteiger partial charge in [-0.25, -0.2) is 4.57 Å². The molecule has 2 N–H and O–H groups in total. The molecule has 0 aliphatic heterocycles. The molecule has 0 fully saturated rings. The first-order chi connectivity index (χ1) is 11.0. The fraction of sp³-hybridized carbons (Fsp3) is 0.476. The lowest BCUT2D eigenvalue weighted by Crippen LogP contribution is -3.00. The Kier molecular flexibility index (Phi) is 6.66. The number of pyridine rings is 1. The minimum atomic E-state index is -0.127. The molecular weight excluding hydrogens is 334 g/mol. The largest absolute Gasteiger partial charge is 1.00 e. The van der Waals surface area contributed by atoms with Gasteiger partial charge in [0, 0.05) is 28.3 Å². The summed E-state index contributed by atoms with van der Waals surface area (Å²) in [6.07, 6.45) is 3.96. The van der Waals surface area contributed by atoms with Gasteiger partial charge in [-0.1, -0.05) is 41.5 Å². The van der Waals surface area contributed by atoms with Gasteiger partial charge >= 0.3 is 0 Å². The zero-order valence-electron chi connectivity index (χ0n) is 16.1. The van der Waals surface area contributed by atoms with Crippen LogP contribution in [0.15, 0.2) is 36.7 Å². The lowest BCUT2D eigenvalue weighted by Gasteiger charge is -2.27. The first-order valence-electron chi connectivity index (χ1n) is 8.48. The van der Waals surface area contributed by atoms with Crippen LogP contribution in [0.25, 0.3) is 0 Å². The summed E-state index contributed by atoms with van der Waals surface area (Å²) in [5, 5.41) is 20.1. The van der Waals surface area contributed by atoms with Crippen molar-refractivity contribution in [3.05, 3.63) is 58.9 Å². The molecule has 2 rings (SSSR count). The highest BCUT2D eigenvalue weighted by atomic mass is 35.5. The second-order valence-electron chi connectivity index (χ2n) is 8.58. The summed E-state index contributed by atoms with van der Waals surface area (Å²) < 4.78 is 2.07. The molecule has 0 bridgehead atoms. The van der Waals surface area contributed by atoms with Crippen molar-refractivity contribution in [2.45, 2.75) is 65.5 Å². The maximum atomic E-state index is 10.8. The Bertz CT molecular complexity index is 692. The molecule has 3 nitrogen and oxygen atoms in total. The van der Waals surface area contributed by atoms with E-state index in [1.807, 2.05) is 24.5 Å². The first kappa shape index (κ1) is 21.5. The predicted molar refractivity (Wildman–Crippen MR) is 97.2 cm³/mol. The van der Waals surface area contributed by atoms with Crippen molar-refractivity contribution in [3.63, 3.8) is 0 Å². The summed E-state index contributed by atoms with van der Waals surface area (Å²) in [4.78, 5) is 0. The summed E-state index contributed by atoms with van der Waals surface area (Å²) in [6, 6.07) is 8.06. The van der Waals surface area contributed by atoms with Crippen LogP contribution in [0.5, 0.6) is 5.75 Å². The number of aromatic hydroxyl groups is 1. The van der Waals surface area contributed by atoms with E-state index in [2.05, 4.69) is 58.2 Å². The molecule has 1 aromatic carbocycles. The van der Waals surface area contributed by atoms with E-state index in [-0.39, 0.29) is 29.8 Å². The van der Waals surface area contributed by atoms with E-state index in [1.165, 1.54) is 0 Å². The van der Waals surface area contributed by atoms with Crippen molar-refractivity contribution >= 4 is 0 Å². The molecule has 0 unspecified atom stereocenters. The molecule has 0 spiro atoms. The van der Waals surface area contributed by atoms with E-state index in [1.54, 1.807) is 0 Å². The van der Waals surface area contributed by atoms with Crippen molar-refractivity contribution in [2.24, 2.45) is 0 Å². The third-order valence-corrected chi connectivity index (χ3v) is 4.25. The normalized spacial score (nSPS) is 12.0. The summed E-state index contributed by atoms with van der Waals surface area (Å²) in [5.41, 5.74) is 3.74. The molecule has 1 aromatic heterocycles. The predicted octanol–water partition coefficient (Wildman–Crippen LogP) is 0.819. The van der Waals surface area contributed by atoms with Gasteiger partial charge in [-0.15, -0.1) is 0 Å². The summed E-state index contributed by atoms with van der Waals surface area (Å²) >= 11 is 0. The molecule has 0 saturated carbocycles. The first-order valence-corrected chi connectivity index (χ1v) is 8.48. The Balaban J connectivity index is 0.00000312. The Labute approximate surface area is 157 Å². The molecule has 1 heterocycles. The highest BCUT2D eigenvalue weighted by molar-refractivity contribution is 5.49. The van der Waals surface area contributed by atoms with Crippen LogP contribution in [0.3, 0.4) is 0 Å². The number of nitrogens with zero attached hydrogens (tertiary/aromatic N) is 1. The number of aliphatic hydroxyl groups is 1. The third-order valence-electron chi connectivity index (χ3n) is 4.25. The zero-order chi connectivity index (χ0) is 18.1.